The number of methoxy groups -OCH3 is 1. The van der Waals surface area contributed by atoms with E-state index in [0.29, 0.717) is 0 Å². The largest absolute Gasteiger partial charge is 0.385 e. The molecule has 0 aliphatic carbocycles. The Labute approximate surface area is 66.0 Å². The van der Waals surface area contributed by atoms with Crippen LogP contribution in [0.5, 0.6) is 0 Å². The lowest BCUT2D eigenvalue weighted by atomic mass is 10.5. The van der Waals surface area contributed by atoms with Crippen LogP contribution in [0.25, 0.3) is 0 Å². The number of hydrogen-bond donors (Lipinski definition) is 1. The number of ether oxygens (including phenoxy) is 1. The summed E-state index contributed by atoms with van der Waals surface area (Å²) < 4.78 is 4.95. The van der Waals surface area contributed by atoms with Crippen molar-refractivity contribution in [2.45, 2.75) is 24.9 Å². The smallest absolute Gasteiger partial charge is 0.0459 e. The summed E-state index contributed by atoms with van der Waals surface area (Å²) in [5.74, 6) is 0. The van der Waals surface area contributed by atoms with Crippen molar-refractivity contribution < 1.29 is 4.74 Å². The molecule has 2 nitrogen and oxygen atoms in total. The van der Waals surface area contributed by atoms with Gasteiger partial charge in [-0.05, 0) is 19.4 Å². The second kappa shape index (κ2) is 9.14. The lowest BCUT2D eigenvalue weighted by molar-refractivity contribution is 0.199. The third-order valence-corrected chi connectivity index (χ3v) is 3.55. The Bertz CT molecular complexity index is 53.6. The predicted molar refractivity (Wildman–Crippen MR) is 48.3 cm³/mol. The molecule has 0 rings (SSSR count). The van der Waals surface area contributed by atoms with Crippen LogP contribution in [0.3, 0.4) is 0 Å². The van der Waals surface area contributed by atoms with E-state index < -0.39 is 0 Å². The van der Waals surface area contributed by atoms with Gasteiger partial charge >= 0.3 is 0 Å². The molecule has 3 heteroatoms. The van der Waals surface area contributed by atoms with Gasteiger partial charge in [-0.2, -0.15) is 0 Å². The maximum absolute atomic E-state index is 5.37. The van der Waals surface area contributed by atoms with Gasteiger partial charge in [0.15, 0.2) is 0 Å². The Morgan fingerprint density at radius 1 is 1.30 bits per heavy atom. The van der Waals surface area contributed by atoms with Gasteiger partial charge < -0.3 is 10.5 Å². The third kappa shape index (κ3) is 8.14. The second-order valence-electron chi connectivity index (χ2n) is 2.55. The van der Waals surface area contributed by atoms with Gasteiger partial charge in [0, 0.05) is 23.2 Å². The first-order valence-corrected chi connectivity index (χ1v) is 6.11. The summed E-state index contributed by atoms with van der Waals surface area (Å²) in [6, 6.07) is 2.84. The van der Waals surface area contributed by atoms with E-state index in [1.54, 1.807) is 7.11 Å². The Kier molecular flexibility index (Phi) is 9.26. The monoisotopic (exact) mass is 161 g/mol. The standard InChI is InChI=1S/C7H19NOSi/c1-9-5-3-7-10-6-2-4-8/h2-8,10H2,1H3. The van der Waals surface area contributed by atoms with Gasteiger partial charge in [-0.3, -0.25) is 0 Å². The molecule has 62 valence electrons. The fraction of sp³-hybridized carbons (Fsp3) is 1.00. The molecule has 0 amide bonds. The highest BCUT2D eigenvalue weighted by atomic mass is 28.2. The zero-order valence-corrected chi connectivity index (χ0v) is 8.35. The molecule has 0 aromatic rings. The average Bonchev–Trinajstić information content (AvgIpc) is 1.97. The first kappa shape index (κ1) is 10.1. The summed E-state index contributed by atoms with van der Waals surface area (Å²) in [6.07, 6.45) is 2.49. The van der Waals surface area contributed by atoms with Gasteiger partial charge in [-0.25, -0.2) is 0 Å². The van der Waals surface area contributed by atoms with Gasteiger partial charge in [0.25, 0.3) is 0 Å². The summed E-state index contributed by atoms with van der Waals surface area (Å²) >= 11 is 0. The van der Waals surface area contributed by atoms with E-state index in [2.05, 4.69) is 0 Å². The van der Waals surface area contributed by atoms with Crippen LogP contribution >= 0.6 is 0 Å². The maximum atomic E-state index is 5.37. The first-order chi connectivity index (χ1) is 4.91. The fourth-order valence-electron chi connectivity index (χ4n) is 0.921. The van der Waals surface area contributed by atoms with Crippen LogP contribution in [0.2, 0.25) is 12.1 Å². The van der Waals surface area contributed by atoms with Crippen LogP contribution in [0.1, 0.15) is 12.8 Å². The van der Waals surface area contributed by atoms with E-state index in [9.17, 15) is 0 Å². The molecule has 0 atom stereocenters. The first-order valence-electron chi connectivity index (χ1n) is 4.11. The highest BCUT2D eigenvalue weighted by molar-refractivity contribution is 6.35. The quantitative estimate of drug-likeness (QED) is 0.433. The summed E-state index contributed by atoms with van der Waals surface area (Å²) in [4.78, 5) is 0. The molecule has 0 heterocycles. The summed E-state index contributed by atoms with van der Waals surface area (Å²) in [5.41, 5.74) is 5.37. The fourth-order valence-corrected chi connectivity index (χ4v) is 2.47. The molecule has 2 N–H and O–H groups in total. The van der Waals surface area contributed by atoms with Crippen molar-refractivity contribution in [2.75, 3.05) is 20.3 Å². The summed E-state index contributed by atoms with van der Waals surface area (Å²) in [7, 11) is 1.99. The molecular weight excluding hydrogens is 142 g/mol. The van der Waals surface area contributed by atoms with Gasteiger partial charge in [0.05, 0.1) is 0 Å². The number of hydrogen-bond acceptors (Lipinski definition) is 2. The van der Waals surface area contributed by atoms with Gasteiger partial charge in [-0.15, -0.1) is 0 Å². The normalized spacial score (nSPS) is 11.4. The molecule has 0 saturated heterocycles. The number of nitrogens with two attached hydrogens (primary N) is 1. The Morgan fingerprint density at radius 2 is 2.00 bits per heavy atom. The Hall–Kier alpha value is 0.137. The van der Waals surface area contributed by atoms with Crippen molar-refractivity contribution in [1.29, 1.82) is 0 Å². The topological polar surface area (TPSA) is 35.2 Å². The Morgan fingerprint density at radius 3 is 2.60 bits per heavy atom. The minimum Gasteiger partial charge on any atom is -0.385 e. The predicted octanol–water partition coefficient (Wildman–Crippen LogP) is 0.377. The molecule has 0 aromatic heterocycles. The van der Waals surface area contributed by atoms with Crippen molar-refractivity contribution >= 4 is 9.52 Å². The molecule has 0 aliphatic heterocycles. The summed E-state index contributed by atoms with van der Waals surface area (Å²) in [5, 5.41) is 0. The van der Waals surface area contributed by atoms with E-state index in [1.165, 1.54) is 24.9 Å². The zero-order chi connectivity index (χ0) is 7.66. The lowest BCUT2D eigenvalue weighted by Gasteiger charge is -1.97. The molecule has 0 bridgehead atoms. The van der Waals surface area contributed by atoms with Crippen molar-refractivity contribution in [3.05, 3.63) is 0 Å². The van der Waals surface area contributed by atoms with E-state index in [4.69, 9.17) is 10.5 Å². The molecule has 10 heavy (non-hydrogen) atoms. The molecule has 0 saturated carbocycles. The van der Waals surface area contributed by atoms with E-state index in [-0.39, 0.29) is 9.52 Å². The highest BCUT2D eigenvalue weighted by Gasteiger charge is 1.88. The molecule has 0 fully saturated rings. The van der Waals surface area contributed by atoms with E-state index >= 15 is 0 Å². The average molecular weight is 161 g/mol. The highest BCUT2D eigenvalue weighted by Crippen LogP contribution is 1.94. The van der Waals surface area contributed by atoms with Gasteiger partial charge in [-0.1, -0.05) is 12.1 Å². The molecule has 0 unspecified atom stereocenters. The van der Waals surface area contributed by atoms with Crippen molar-refractivity contribution in [2.24, 2.45) is 5.73 Å². The second-order valence-corrected chi connectivity index (χ2v) is 4.67. The van der Waals surface area contributed by atoms with E-state index in [1.807, 2.05) is 0 Å². The molecule has 0 radical (unpaired) electrons. The molecule has 0 spiro atoms. The van der Waals surface area contributed by atoms with E-state index in [0.717, 1.165) is 13.2 Å². The Balaban J connectivity index is 2.65. The van der Waals surface area contributed by atoms with Crippen molar-refractivity contribution in [1.82, 2.24) is 0 Å². The molecular formula is C7H19NOSi. The van der Waals surface area contributed by atoms with Crippen LogP contribution in [0, 0.1) is 0 Å². The van der Waals surface area contributed by atoms with Crippen molar-refractivity contribution in [3.63, 3.8) is 0 Å². The summed E-state index contributed by atoms with van der Waals surface area (Å²) in [6.45, 7) is 1.81. The van der Waals surface area contributed by atoms with Crippen LogP contribution in [0.15, 0.2) is 0 Å². The third-order valence-electron chi connectivity index (χ3n) is 1.55. The van der Waals surface area contributed by atoms with Crippen LogP contribution in [0.4, 0.5) is 0 Å². The van der Waals surface area contributed by atoms with Crippen LogP contribution in [-0.2, 0) is 4.74 Å². The SMILES string of the molecule is COCCC[SiH2]CCCN. The van der Waals surface area contributed by atoms with Gasteiger partial charge in [0.2, 0.25) is 0 Å². The molecule has 0 aliphatic rings. The lowest BCUT2D eigenvalue weighted by Crippen LogP contribution is -2.01. The van der Waals surface area contributed by atoms with Crippen LogP contribution < -0.4 is 5.73 Å². The van der Waals surface area contributed by atoms with Crippen molar-refractivity contribution in [3.8, 4) is 0 Å². The van der Waals surface area contributed by atoms with Gasteiger partial charge in [0.1, 0.15) is 0 Å². The minimum absolute atomic E-state index is 0.220. The molecule has 0 aromatic carbocycles. The maximum Gasteiger partial charge on any atom is 0.0459 e. The number of rotatable bonds is 7. The minimum atomic E-state index is 0.220. The zero-order valence-electron chi connectivity index (χ0n) is 6.94. The van der Waals surface area contributed by atoms with Crippen LogP contribution in [-0.4, -0.2) is 29.8 Å².